The Hall–Kier alpha value is -0.120. The lowest BCUT2D eigenvalue weighted by Crippen LogP contribution is -2.52. The molecule has 0 heterocycles. The molecular formula is C12H26N2O. The third-order valence-corrected chi connectivity index (χ3v) is 3.59. The monoisotopic (exact) mass is 214 g/mol. The Morgan fingerprint density at radius 2 is 2.00 bits per heavy atom. The molecule has 0 saturated heterocycles. The summed E-state index contributed by atoms with van der Waals surface area (Å²) in [6.07, 6.45) is 5.21. The van der Waals surface area contributed by atoms with Crippen LogP contribution in [0, 0.1) is 0 Å². The molecule has 2 atom stereocenters. The number of aliphatic hydroxyl groups is 1. The summed E-state index contributed by atoms with van der Waals surface area (Å²) in [5.41, 5.74) is 0. The number of aliphatic hydroxyl groups excluding tert-OH is 1. The van der Waals surface area contributed by atoms with E-state index in [2.05, 4.69) is 31.1 Å². The third-order valence-electron chi connectivity index (χ3n) is 3.59. The maximum absolute atomic E-state index is 8.85. The first-order valence-electron chi connectivity index (χ1n) is 6.23. The van der Waals surface area contributed by atoms with Gasteiger partial charge < -0.3 is 10.4 Å². The molecule has 0 spiro atoms. The summed E-state index contributed by atoms with van der Waals surface area (Å²) in [5, 5.41) is 12.3. The molecule has 3 nitrogen and oxygen atoms in total. The summed E-state index contributed by atoms with van der Waals surface area (Å²) in [4.78, 5) is 2.47. The van der Waals surface area contributed by atoms with Crippen LogP contribution in [0.3, 0.4) is 0 Å². The van der Waals surface area contributed by atoms with E-state index in [0.29, 0.717) is 18.1 Å². The summed E-state index contributed by atoms with van der Waals surface area (Å²) in [6, 6.07) is 1.81. The van der Waals surface area contributed by atoms with Crippen molar-refractivity contribution in [3.63, 3.8) is 0 Å². The first kappa shape index (κ1) is 12.9. The fraction of sp³-hybridized carbons (Fsp3) is 1.00. The molecule has 0 aliphatic heterocycles. The van der Waals surface area contributed by atoms with Gasteiger partial charge in [0.1, 0.15) is 0 Å². The van der Waals surface area contributed by atoms with E-state index in [1.165, 1.54) is 25.7 Å². The van der Waals surface area contributed by atoms with Crippen LogP contribution in [0.5, 0.6) is 0 Å². The lowest BCUT2D eigenvalue weighted by Gasteiger charge is -2.40. The van der Waals surface area contributed by atoms with Crippen LogP contribution in [0.25, 0.3) is 0 Å². The molecule has 1 aliphatic carbocycles. The minimum absolute atomic E-state index is 0.245. The third kappa shape index (κ3) is 3.74. The van der Waals surface area contributed by atoms with Gasteiger partial charge in [0.25, 0.3) is 0 Å². The molecule has 1 rings (SSSR count). The van der Waals surface area contributed by atoms with Crippen molar-refractivity contribution in [2.75, 3.05) is 20.2 Å². The Balaban J connectivity index is 2.49. The molecule has 2 N–H and O–H groups in total. The normalized spacial score (nSPS) is 27.6. The van der Waals surface area contributed by atoms with Gasteiger partial charge in [-0.3, -0.25) is 4.90 Å². The van der Waals surface area contributed by atoms with Crippen molar-refractivity contribution in [2.45, 2.75) is 57.7 Å². The molecule has 15 heavy (non-hydrogen) atoms. The van der Waals surface area contributed by atoms with Crippen molar-refractivity contribution < 1.29 is 5.11 Å². The summed E-state index contributed by atoms with van der Waals surface area (Å²) in [6.45, 7) is 5.47. The van der Waals surface area contributed by atoms with E-state index in [1.54, 1.807) is 0 Å². The molecule has 3 heteroatoms. The van der Waals surface area contributed by atoms with Gasteiger partial charge >= 0.3 is 0 Å². The summed E-state index contributed by atoms with van der Waals surface area (Å²) in [5.74, 6) is 0. The number of rotatable bonds is 5. The van der Waals surface area contributed by atoms with Crippen molar-refractivity contribution in [1.82, 2.24) is 10.2 Å². The fourth-order valence-electron chi connectivity index (χ4n) is 2.47. The molecule has 1 saturated carbocycles. The Kier molecular flexibility index (Phi) is 5.58. The number of hydrogen-bond acceptors (Lipinski definition) is 3. The van der Waals surface area contributed by atoms with E-state index in [9.17, 15) is 0 Å². The molecule has 0 amide bonds. The first-order valence-corrected chi connectivity index (χ1v) is 6.23. The zero-order valence-electron chi connectivity index (χ0n) is 10.4. The SMILES string of the molecule is CC(C)N(C)C1CCCCC1NCCO. The van der Waals surface area contributed by atoms with Gasteiger partial charge in [0.15, 0.2) is 0 Å². The van der Waals surface area contributed by atoms with E-state index < -0.39 is 0 Å². The number of likely N-dealkylation sites (N-methyl/N-ethyl adjacent to an activating group) is 1. The summed E-state index contributed by atoms with van der Waals surface area (Å²) >= 11 is 0. The second-order valence-electron chi connectivity index (χ2n) is 4.90. The molecule has 90 valence electrons. The first-order chi connectivity index (χ1) is 7.16. The summed E-state index contributed by atoms with van der Waals surface area (Å²) < 4.78 is 0. The van der Waals surface area contributed by atoms with Gasteiger partial charge in [-0.2, -0.15) is 0 Å². The van der Waals surface area contributed by atoms with Crippen molar-refractivity contribution in [1.29, 1.82) is 0 Å². The minimum Gasteiger partial charge on any atom is -0.395 e. The molecule has 0 radical (unpaired) electrons. The Morgan fingerprint density at radius 1 is 1.33 bits per heavy atom. The molecule has 1 aliphatic rings. The predicted octanol–water partition coefficient (Wildman–Crippen LogP) is 1.22. The van der Waals surface area contributed by atoms with E-state index in [-0.39, 0.29) is 6.61 Å². The zero-order valence-corrected chi connectivity index (χ0v) is 10.4. The standard InChI is InChI=1S/C12H26N2O/c1-10(2)14(3)12-7-5-4-6-11(12)13-8-9-15/h10-13,15H,4-9H2,1-3H3. The van der Waals surface area contributed by atoms with Crippen LogP contribution in [-0.2, 0) is 0 Å². The second-order valence-corrected chi connectivity index (χ2v) is 4.90. The van der Waals surface area contributed by atoms with Crippen molar-refractivity contribution in [3.05, 3.63) is 0 Å². The highest BCUT2D eigenvalue weighted by atomic mass is 16.3. The molecule has 2 unspecified atom stereocenters. The van der Waals surface area contributed by atoms with Crippen LogP contribution in [-0.4, -0.2) is 48.3 Å². The molecule has 0 bridgehead atoms. The van der Waals surface area contributed by atoms with E-state index in [4.69, 9.17) is 5.11 Å². The predicted molar refractivity (Wildman–Crippen MR) is 64.0 cm³/mol. The van der Waals surface area contributed by atoms with Crippen LogP contribution in [0.15, 0.2) is 0 Å². The lowest BCUT2D eigenvalue weighted by molar-refractivity contribution is 0.117. The smallest absolute Gasteiger partial charge is 0.0556 e. The molecule has 1 fully saturated rings. The highest BCUT2D eigenvalue weighted by Crippen LogP contribution is 2.23. The average Bonchev–Trinajstić information content (AvgIpc) is 2.25. The van der Waals surface area contributed by atoms with Gasteiger partial charge in [0, 0.05) is 24.7 Å². The summed E-state index contributed by atoms with van der Waals surface area (Å²) in [7, 11) is 2.22. The maximum Gasteiger partial charge on any atom is 0.0556 e. The van der Waals surface area contributed by atoms with E-state index >= 15 is 0 Å². The fourth-order valence-corrected chi connectivity index (χ4v) is 2.47. The van der Waals surface area contributed by atoms with Crippen molar-refractivity contribution in [3.8, 4) is 0 Å². The maximum atomic E-state index is 8.85. The Bertz CT molecular complexity index is 173. The average molecular weight is 214 g/mol. The van der Waals surface area contributed by atoms with Crippen molar-refractivity contribution >= 4 is 0 Å². The van der Waals surface area contributed by atoms with Gasteiger partial charge in [0.05, 0.1) is 6.61 Å². The molecule has 0 aromatic heterocycles. The highest BCUT2D eigenvalue weighted by Gasteiger charge is 2.28. The quantitative estimate of drug-likeness (QED) is 0.722. The minimum atomic E-state index is 0.245. The van der Waals surface area contributed by atoms with Crippen LogP contribution >= 0.6 is 0 Å². The number of nitrogens with zero attached hydrogens (tertiary/aromatic N) is 1. The van der Waals surface area contributed by atoms with Gasteiger partial charge in [-0.1, -0.05) is 12.8 Å². The number of nitrogens with one attached hydrogen (secondary N) is 1. The molecule has 0 aromatic carbocycles. The van der Waals surface area contributed by atoms with E-state index in [1.807, 2.05) is 0 Å². The van der Waals surface area contributed by atoms with Crippen LogP contribution in [0.2, 0.25) is 0 Å². The van der Waals surface area contributed by atoms with Crippen molar-refractivity contribution in [2.24, 2.45) is 0 Å². The van der Waals surface area contributed by atoms with Crippen LogP contribution < -0.4 is 5.32 Å². The van der Waals surface area contributed by atoms with Gasteiger partial charge in [0.2, 0.25) is 0 Å². The second kappa shape index (κ2) is 6.46. The Morgan fingerprint density at radius 3 is 2.60 bits per heavy atom. The lowest BCUT2D eigenvalue weighted by atomic mass is 9.88. The highest BCUT2D eigenvalue weighted by molar-refractivity contribution is 4.88. The van der Waals surface area contributed by atoms with Gasteiger partial charge in [-0.25, -0.2) is 0 Å². The zero-order chi connectivity index (χ0) is 11.3. The molecule has 0 aromatic rings. The van der Waals surface area contributed by atoms with Gasteiger partial charge in [-0.05, 0) is 33.7 Å². The number of hydrogen-bond donors (Lipinski definition) is 2. The Labute approximate surface area is 93.9 Å². The largest absolute Gasteiger partial charge is 0.395 e. The van der Waals surface area contributed by atoms with Gasteiger partial charge in [-0.15, -0.1) is 0 Å². The molecular weight excluding hydrogens is 188 g/mol. The van der Waals surface area contributed by atoms with E-state index in [0.717, 1.165) is 6.54 Å². The van der Waals surface area contributed by atoms with Crippen LogP contribution in [0.4, 0.5) is 0 Å². The topological polar surface area (TPSA) is 35.5 Å². The van der Waals surface area contributed by atoms with Crippen LogP contribution in [0.1, 0.15) is 39.5 Å².